The van der Waals surface area contributed by atoms with Gasteiger partial charge in [0.2, 0.25) is 5.16 Å². The zero-order valence-corrected chi connectivity index (χ0v) is 17.0. The highest BCUT2D eigenvalue weighted by atomic mass is 32.2. The van der Waals surface area contributed by atoms with E-state index in [-0.39, 0.29) is 5.41 Å². The normalized spacial score (nSPS) is 26.7. The van der Waals surface area contributed by atoms with Crippen LogP contribution in [0.2, 0.25) is 0 Å². The molecule has 0 bridgehead atoms. The van der Waals surface area contributed by atoms with Crippen LogP contribution in [-0.2, 0) is 18.0 Å². The number of piperidine rings is 1. The Morgan fingerprint density at radius 3 is 2.72 bits per heavy atom. The molecule has 0 unspecified atom stereocenters. The van der Waals surface area contributed by atoms with Crippen LogP contribution in [-0.4, -0.2) is 45.5 Å². The molecule has 1 saturated heterocycles. The van der Waals surface area contributed by atoms with Crippen molar-refractivity contribution < 1.29 is 13.2 Å². The fourth-order valence-electron chi connectivity index (χ4n) is 4.68. The Morgan fingerprint density at radius 1 is 1.21 bits per heavy atom. The lowest BCUT2D eigenvalue weighted by atomic mass is 9.94. The van der Waals surface area contributed by atoms with Gasteiger partial charge in [0.15, 0.2) is 0 Å². The molecular formula is C21H25F3N4S. The second-order valence-electron chi connectivity index (χ2n) is 8.78. The average molecular weight is 423 g/mol. The van der Waals surface area contributed by atoms with Crippen molar-refractivity contribution in [3.63, 3.8) is 0 Å². The number of likely N-dealkylation sites (tertiary alicyclic amines) is 1. The maximum Gasteiger partial charge on any atom is 0.416 e. The summed E-state index contributed by atoms with van der Waals surface area (Å²) >= 11 is 1.70. The molecule has 3 aliphatic rings. The molecule has 2 saturated carbocycles. The van der Waals surface area contributed by atoms with Gasteiger partial charge in [-0.3, -0.25) is 5.10 Å². The summed E-state index contributed by atoms with van der Waals surface area (Å²) in [7, 11) is 0. The minimum absolute atomic E-state index is 0.0821. The Balaban J connectivity index is 1.08. The Bertz CT molecular complexity index is 862. The van der Waals surface area contributed by atoms with E-state index in [0.717, 1.165) is 67.1 Å². The summed E-state index contributed by atoms with van der Waals surface area (Å²) < 4.78 is 38.4. The summed E-state index contributed by atoms with van der Waals surface area (Å²) in [6.07, 6.45) is 1.55. The smallest absolute Gasteiger partial charge is 0.302 e. The van der Waals surface area contributed by atoms with Gasteiger partial charge in [0, 0.05) is 30.7 Å². The lowest BCUT2D eigenvalue weighted by Crippen LogP contribution is -2.28. The average Bonchev–Trinajstić information content (AvgIpc) is 3.55. The molecule has 2 atom stereocenters. The zero-order chi connectivity index (χ0) is 20.1. The number of fused-ring (bicyclic) bond motifs is 1. The molecule has 1 aromatic heterocycles. The molecule has 0 radical (unpaired) electrons. The van der Waals surface area contributed by atoms with Gasteiger partial charge in [-0.2, -0.15) is 13.2 Å². The summed E-state index contributed by atoms with van der Waals surface area (Å²) in [6, 6.07) is 5.83. The maximum atomic E-state index is 12.8. The van der Waals surface area contributed by atoms with E-state index in [1.165, 1.54) is 25.0 Å². The number of nitrogens with one attached hydrogen (secondary N) is 1. The third-order valence-corrected chi connectivity index (χ3v) is 7.48. The van der Waals surface area contributed by atoms with Crippen molar-refractivity contribution in [1.29, 1.82) is 0 Å². The lowest BCUT2D eigenvalue weighted by molar-refractivity contribution is -0.137. The van der Waals surface area contributed by atoms with Gasteiger partial charge in [-0.1, -0.05) is 23.9 Å². The molecule has 0 amide bonds. The second kappa shape index (κ2) is 7.30. The molecule has 8 heteroatoms. The van der Waals surface area contributed by atoms with Gasteiger partial charge in [-0.05, 0) is 61.8 Å². The largest absolute Gasteiger partial charge is 0.416 e. The van der Waals surface area contributed by atoms with Crippen LogP contribution in [0.5, 0.6) is 0 Å². The van der Waals surface area contributed by atoms with Crippen molar-refractivity contribution in [3.8, 4) is 0 Å². The van der Waals surface area contributed by atoms with E-state index in [1.54, 1.807) is 23.9 Å². The summed E-state index contributed by atoms with van der Waals surface area (Å²) in [5, 5.41) is 8.18. The number of benzene rings is 1. The third kappa shape index (κ3) is 4.19. The monoisotopic (exact) mass is 422 g/mol. The van der Waals surface area contributed by atoms with Gasteiger partial charge in [0.05, 0.1) is 5.56 Å². The highest BCUT2D eigenvalue weighted by Gasteiger charge is 2.60. The van der Waals surface area contributed by atoms with E-state index in [9.17, 15) is 13.2 Å². The van der Waals surface area contributed by atoms with E-state index in [2.05, 4.69) is 20.1 Å². The number of aromatic nitrogens is 3. The molecular weight excluding hydrogens is 397 g/mol. The van der Waals surface area contributed by atoms with Crippen molar-refractivity contribution in [2.24, 2.45) is 11.8 Å². The third-order valence-electron chi connectivity index (χ3n) is 6.54. The number of H-pyrrole nitrogens is 1. The summed E-state index contributed by atoms with van der Waals surface area (Å²) in [5.74, 6) is 3.38. The van der Waals surface area contributed by atoms with Crippen LogP contribution in [0.3, 0.4) is 0 Å². The summed E-state index contributed by atoms with van der Waals surface area (Å²) in [5.41, 5.74) is 0.587. The number of hydrogen-bond donors (Lipinski definition) is 1. The van der Waals surface area contributed by atoms with Crippen LogP contribution < -0.4 is 0 Å². The van der Waals surface area contributed by atoms with Gasteiger partial charge in [-0.25, -0.2) is 4.98 Å². The number of hydrogen-bond acceptors (Lipinski definition) is 4. The molecule has 156 valence electrons. The summed E-state index contributed by atoms with van der Waals surface area (Å²) in [6.45, 7) is 3.03. The number of halogens is 3. The Kier molecular flexibility index (Phi) is 4.89. The zero-order valence-electron chi connectivity index (χ0n) is 16.2. The fourth-order valence-corrected chi connectivity index (χ4v) is 5.42. The molecule has 1 N–H and O–H groups in total. The van der Waals surface area contributed by atoms with Crippen LogP contribution in [0, 0.1) is 11.8 Å². The van der Waals surface area contributed by atoms with Crippen LogP contribution in [0.4, 0.5) is 13.2 Å². The Labute approximate surface area is 172 Å². The van der Waals surface area contributed by atoms with Gasteiger partial charge in [-0.15, -0.1) is 5.10 Å². The molecule has 4 nitrogen and oxygen atoms in total. The molecule has 3 fully saturated rings. The molecule has 5 rings (SSSR count). The molecule has 2 heterocycles. The predicted octanol–water partition coefficient (Wildman–Crippen LogP) is 4.53. The minimum Gasteiger partial charge on any atom is -0.302 e. The topological polar surface area (TPSA) is 44.8 Å². The van der Waals surface area contributed by atoms with Crippen LogP contribution in [0.25, 0.3) is 0 Å². The van der Waals surface area contributed by atoms with Crippen LogP contribution >= 0.6 is 11.8 Å². The number of alkyl halides is 3. The highest BCUT2D eigenvalue weighted by molar-refractivity contribution is 7.99. The van der Waals surface area contributed by atoms with Crippen molar-refractivity contribution in [2.75, 3.05) is 25.4 Å². The van der Waals surface area contributed by atoms with Crippen molar-refractivity contribution in [1.82, 2.24) is 20.1 Å². The SMILES string of the molecule is FC(F)(F)c1ccc([C@]23C[C@H]2CN(CCCSc2n[nH]c(CC4CC4)n2)C3)cc1. The number of rotatable bonds is 8. The first-order valence-corrected chi connectivity index (χ1v) is 11.4. The lowest BCUT2D eigenvalue weighted by Gasteiger charge is -2.21. The van der Waals surface area contributed by atoms with Gasteiger partial charge in [0.1, 0.15) is 5.82 Å². The molecule has 2 aliphatic carbocycles. The van der Waals surface area contributed by atoms with Crippen molar-refractivity contribution >= 4 is 11.8 Å². The number of thioether (sulfide) groups is 1. The quantitative estimate of drug-likeness (QED) is 0.501. The minimum atomic E-state index is -4.26. The second-order valence-corrected chi connectivity index (χ2v) is 9.84. The molecule has 1 aliphatic heterocycles. The van der Waals surface area contributed by atoms with E-state index < -0.39 is 11.7 Å². The van der Waals surface area contributed by atoms with Crippen molar-refractivity contribution in [2.45, 2.75) is 48.9 Å². The van der Waals surface area contributed by atoms with E-state index in [0.29, 0.717) is 5.92 Å². The summed E-state index contributed by atoms with van der Waals surface area (Å²) in [4.78, 5) is 7.02. The fraction of sp³-hybridized carbons (Fsp3) is 0.619. The first-order valence-electron chi connectivity index (χ1n) is 10.4. The van der Waals surface area contributed by atoms with E-state index in [4.69, 9.17) is 0 Å². The van der Waals surface area contributed by atoms with Gasteiger partial charge < -0.3 is 4.90 Å². The standard InChI is InChI=1S/C21H25F3N4S/c22-21(23,24)16-6-4-15(5-7-16)20-11-17(20)12-28(13-20)8-1-9-29-19-25-18(26-27-19)10-14-2-3-14/h4-7,14,17H,1-3,8-13H2,(H,25,26,27)/t17-,20+/m0/s1. The number of aromatic amines is 1. The highest BCUT2D eigenvalue weighted by Crippen LogP contribution is 2.59. The Hall–Kier alpha value is -1.54. The van der Waals surface area contributed by atoms with Gasteiger partial charge >= 0.3 is 6.18 Å². The Morgan fingerprint density at radius 2 is 2.00 bits per heavy atom. The first-order chi connectivity index (χ1) is 13.9. The molecule has 1 aromatic carbocycles. The first kappa shape index (κ1) is 19.4. The molecule has 2 aromatic rings. The van der Waals surface area contributed by atoms with Crippen molar-refractivity contribution in [3.05, 3.63) is 41.2 Å². The van der Waals surface area contributed by atoms with Gasteiger partial charge in [0.25, 0.3) is 0 Å². The van der Waals surface area contributed by atoms with Crippen LogP contribution in [0.15, 0.2) is 29.4 Å². The van der Waals surface area contributed by atoms with E-state index in [1.807, 2.05) is 0 Å². The molecule has 29 heavy (non-hydrogen) atoms. The van der Waals surface area contributed by atoms with Crippen LogP contribution in [0.1, 0.15) is 42.6 Å². The maximum absolute atomic E-state index is 12.8. The predicted molar refractivity (Wildman–Crippen MR) is 106 cm³/mol. The van der Waals surface area contributed by atoms with E-state index >= 15 is 0 Å². The number of nitrogens with zero attached hydrogens (tertiary/aromatic N) is 3. The molecule has 0 spiro atoms.